The Hall–Kier alpha value is 0.430. The molecule has 0 aromatic carbocycles. The fourth-order valence-corrected chi connectivity index (χ4v) is 3.90. The molecule has 0 saturated heterocycles. The Bertz CT molecular complexity index is 303. The Morgan fingerprint density at radius 1 is 1.38 bits per heavy atom. The Morgan fingerprint density at radius 3 is 2.38 bits per heavy atom. The lowest BCUT2D eigenvalue weighted by atomic mass is 9.93. The maximum atomic E-state index is 6.11. The second-order valence-electron chi connectivity index (χ2n) is 3.88. The van der Waals surface area contributed by atoms with Gasteiger partial charge in [0.15, 0.2) is 0 Å². The van der Waals surface area contributed by atoms with Crippen LogP contribution in [0.3, 0.4) is 0 Å². The number of nitrogens with one attached hydrogen (secondary N) is 1. The minimum Gasteiger partial charge on any atom is -0.309 e. The average Bonchev–Trinajstić information content (AvgIpc) is 2.59. The summed E-state index contributed by atoms with van der Waals surface area (Å²) in [5, 5.41) is 3.57. The van der Waals surface area contributed by atoms with E-state index >= 15 is 0 Å². The zero-order valence-corrected chi connectivity index (χ0v) is 13.2. The van der Waals surface area contributed by atoms with E-state index in [4.69, 9.17) is 11.6 Å². The van der Waals surface area contributed by atoms with E-state index in [1.807, 2.05) is 0 Å². The van der Waals surface area contributed by atoms with Crippen molar-refractivity contribution in [3.05, 3.63) is 19.8 Å². The number of hydrogen-bond donors (Lipinski definition) is 1. The van der Waals surface area contributed by atoms with E-state index in [0.29, 0.717) is 12.0 Å². The summed E-state index contributed by atoms with van der Waals surface area (Å²) in [7, 11) is 0. The molecule has 1 N–H and O–H groups in total. The van der Waals surface area contributed by atoms with E-state index in [2.05, 4.69) is 48.1 Å². The fraction of sp³-hybridized carbons (Fsp3) is 0.667. The molecule has 1 aromatic heterocycles. The summed E-state index contributed by atoms with van der Waals surface area (Å²) in [5.74, 6) is 0.682. The molecule has 1 aromatic rings. The first-order valence-corrected chi connectivity index (χ1v) is 7.80. The standard InChI is InChI=1S/C12H19BrClNS/c1-4-8(5-2)11(15-6-3)10-7-9(13)12(14)16-10/h7-8,11,15H,4-6H2,1-3H3. The van der Waals surface area contributed by atoms with E-state index in [-0.39, 0.29) is 0 Å². The highest BCUT2D eigenvalue weighted by atomic mass is 79.9. The minimum atomic E-state index is 0.439. The van der Waals surface area contributed by atoms with Gasteiger partial charge >= 0.3 is 0 Å². The Labute approximate surface area is 116 Å². The Morgan fingerprint density at radius 2 is 2.00 bits per heavy atom. The molecule has 0 aliphatic carbocycles. The van der Waals surface area contributed by atoms with E-state index in [1.165, 1.54) is 17.7 Å². The average molecular weight is 325 g/mol. The molecule has 1 rings (SSSR count). The van der Waals surface area contributed by atoms with Crippen LogP contribution in [0.5, 0.6) is 0 Å². The third-order valence-electron chi connectivity index (χ3n) is 2.91. The number of halogens is 2. The molecule has 1 unspecified atom stereocenters. The summed E-state index contributed by atoms with van der Waals surface area (Å²) < 4.78 is 1.87. The van der Waals surface area contributed by atoms with Crippen LogP contribution in [0.2, 0.25) is 4.34 Å². The van der Waals surface area contributed by atoms with Crippen molar-refractivity contribution in [1.29, 1.82) is 0 Å². The second kappa shape index (κ2) is 7.00. The first-order valence-electron chi connectivity index (χ1n) is 5.82. The van der Waals surface area contributed by atoms with Crippen molar-refractivity contribution in [2.24, 2.45) is 5.92 Å². The van der Waals surface area contributed by atoms with Gasteiger partial charge < -0.3 is 5.32 Å². The summed E-state index contributed by atoms with van der Waals surface area (Å²) in [6, 6.07) is 2.59. The van der Waals surface area contributed by atoms with Gasteiger partial charge in [-0.15, -0.1) is 11.3 Å². The van der Waals surface area contributed by atoms with Crippen LogP contribution in [0.15, 0.2) is 10.5 Å². The predicted molar refractivity (Wildman–Crippen MR) is 77.5 cm³/mol. The molecule has 0 aliphatic rings. The van der Waals surface area contributed by atoms with E-state index in [0.717, 1.165) is 15.4 Å². The Balaban J connectivity index is 2.91. The van der Waals surface area contributed by atoms with Gasteiger partial charge in [0.25, 0.3) is 0 Å². The molecule has 16 heavy (non-hydrogen) atoms. The van der Waals surface area contributed by atoms with Gasteiger partial charge in [-0.05, 0) is 34.5 Å². The van der Waals surface area contributed by atoms with Gasteiger partial charge in [-0.2, -0.15) is 0 Å². The highest BCUT2D eigenvalue weighted by Crippen LogP contribution is 2.38. The van der Waals surface area contributed by atoms with Crippen LogP contribution < -0.4 is 5.32 Å². The Kier molecular flexibility index (Phi) is 6.34. The van der Waals surface area contributed by atoms with Crippen LogP contribution in [0.4, 0.5) is 0 Å². The zero-order valence-electron chi connectivity index (χ0n) is 10.0. The van der Waals surface area contributed by atoms with Gasteiger partial charge in [-0.1, -0.05) is 45.2 Å². The third-order valence-corrected chi connectivity index (χ3v) is 5.47. The molecule has 0 saturated carbocycles. The largest absolute Gasteiger partial charge is 0.309 e. The van der Waals surface area contributed by atoms with Crippen LogP contribution in [-0.4, -0.2) is 6.54 Å². The molecular formula is C12H19BrClNS. The van der Waals surface area contributed by atoms with Crippen molar-refractivity contribution in [2.45, 2.75) is 39.7 Å². The van der Waals surface area contributed by atoms with Crippen LogP contribution in [0, 0.1) is 5.92 Å². The van der Waals surface area contributed by atoms with Crippen LogP contribution in [-0.2, 0) is 0 Å². The maximum absolute atomic E-state index is 6.11. The van der Waals surface area contributed by atoms with E-state index in [1.54, 1.807) is 11.3 Å². The SMILES string of the molecule is CCNC(c1cc(Br)c(Cl)s1)C(CC)CC. The topological polar surface area (TPSA) is 12.0 Å². The van der Waals surface area contributed by atoms with Gasteiger partial charge in [0, 0.05) is 15.4 Å². The van der Waals surface area contributed by atoms with Gasteiger partial charge in [0.1, 0.15) is 4.34 Å². The molecule has 0 fully saturated rings. The fourth-order valence-electron chi connectivity index (χ4n) is 2.00. The second-order valence-corrected chi connectivity index (χ2v) is 6.42. The van der Waals surface area contributed by atoms with E-state index < -0.39 is 0 Å². The highest BCUT2D eigenvalue weighted by Gasteiger charge is 2.22. The number of hydrogen-bond acceptors (Lipinski definition) is 2. The molecule has 0 radical (unpaired) electrons. The molecule has 4 heteroatoms. The van der Waals surface area contributed by atoms with Crippen molar-refractivity contribution in [2.75, 3.05) is 6.54 Å². The minimum absolute atomic E-state index is 0.439. The quantitative estimate of drug-likeness (QED) is 0.753. The molecule has 0 spiro atoms. The molecular weight excluding hydrogens is 306 g/mol. The van der Waals surface area contributed by atoms with Crippen LogP contribution in [0.25, 0.3) is 0 Å². The van der Waals surface area contributed by atoms with Gasteiger partial charge in [0.05, 0.1) is 0 Å². The lowest BCUT2D eigenvalue weighted by Gasteiger charge is -2.25. The van der Waals surface area contributed by atoms with Crippen molar-refractivity contribution in [3.63, 3.8) is 0 Å². The van der Waals surface area contributed by atoms with Crippen molar-refractivity contribution in [3.8, 4) is 0 Å². The predicted octanol–water partition coefficient (Wildman–Crippen LogP) is 5.25. The summed E-state index contributed by atoms with van der Waals surface area (Å²) in [4.78, 5) is 1.34. The lowest BCUT2D eigenvalue weighted by Crippen LogP contribution is -2.26. The molecule has 1 heterocycles. The molecule has 0 bridgehead atoms. The van der Waals surface area contributed by atoms with Crippen LogP contribution in [0.1, 0.15) is 44.5 Å². The van der Waals surface area contributed by atoms with Gasteiger partial charge in [-0.3, -0.25) is 0 Å². The molecule has 1 nitrogen and oxygen atoms in total. The van der Waals surface area contributed by atoms with Gasteiger partial charge in [0.2, 0.25) is 0 Å². The van der Waals surface area contributed by atoms with Crippen molar-refractivity contribution in [1.82, 2.24) is 5.32 Å². The number of thiophene rings is 1. The lowest BCUT2D eigenvalue weighted by molar-refractivity contribution is 0.351. The normalized spacial score (nSPS) is 13.4. The summed E-state index contributed by atoms with van der Waals surface area (Å²) in [5.41, 5.74) is 0. The third kappa shape index (κ3) is 3.46. The summed E-state index contributed by atoms with van der Waals surface area (Å²) >= 11 is 11.3. The molecule has 92 valence electrons. The van der Waals surface area contributed by atoms with Crippen molar-refractivity contribution >= 4 is 38.9 Å². The summed E-state index contributed by atoms with van der Waals surface area (Å²) in [6.45, 7) is 7.65. The number of rotatable bonds is 6. The van der Waals surface area contributed by atoms with E-state index in [9.17, 15) is 0 Å². The highest BCUT2D eigenvalue weighted by molar-refractivity contribution is 9.10. The van der Waals surface area contributed by atoms with Crippen LogP contribution >= 0.6 is 38.9 Å². The maximum Gasteiger partial charge on any atom is 0.107 e. The molecule has 0 aliphatic heterocycles. The van der Waals surface area contributed by atoms with Crippen molar-refractivity contribution < 1.29 is 0 Å². The zero-order chi connectivity index (χ0) is 12.1. The molecule has 0 amide bonds. The molecule has 1 atom stereocenters. The summed E-state index contributed by atoms with van der Waals surface area (Å²) in [6.07, 6.45) is 2.39. The monoisotopic (exact) mass is 323 g/mol. The van der Waals surface area contributed by atoms with Gasteiger partial charge in [-0.25, -0.2) is 0 Å². The first-order chi connectivity index (χ1) is 7.63. The smallest absolute Gasteiger partial charge is 0.107 e. The first kappa shape index (κ1) is 14.5.